The van der Waals surface area contributed by atoms with Gasteiger partial charge in [-0.3, -0.25) is 0 Å². The minimum Gasteiger partial charge on any atom is -0.487 e. The van der Waals surface area contributed by atoms with Crippen LogP contribution in [0.2, 0.25) is 5.02 Å². The number of hydrogen-bond acceptors (Lipinski definition) is 2. The first-order valence-corrected chi connectivity index (χ1v) is 6.18. The Kier molecular flexibility index (Phi) is 3.78. The van der Waals surface area contributed by atoms with Crippen LogP contribution in [0.4, 0.5) is 5.69 Å². The summed E-state index contributed by atoms with van der Waals surface area (Å²) >= 11 is 6.12. The molecule has 0 fully saturated rings. The SMILES string of the molecule is Cc1ccc(OCc2c(C)cccc2N)c(Cl)c1. The summed E-state index contributed by atoms with van der Waals surface area (Å²) in [6.45, 7) is 4.45. The molecule has 18 heavy (non-hydrogen) atoms. The molecule has 0 aliphatic carbocycles. The van der Waals surface area contributed by atoms with E-state index in [1.54, 1.807) is 0 Å². The number of nitrogen functional groups attached to an aromatic ring is 1. The summed E-state index contributed by atoms with van der Waals surface area (Å²) in [5.74, 6) is 0.685. The number of hydrogen-bond donors (Lipinski definition) is 1. The van der Waals surface area contributed by atoms with E-state index in [0.717, 1.165) is 22.4 Å². The van der Waals surface area contributed by atoms with Gasteiger partial charge in [0.25, 0.3) is 0 Å². The van der Waals surface area contributed by atoms with Crippen molar-refractivity contribution in [2.45, 2.75) is 20.5 Å². The Hall–Kier alpha value is -1.67. The molecule has 0 saturated carbocycles. The van der Waals surface area contributed by atoms with Crippen molar-refractivity contribution in [3.05, 3.63) is 58.1 Å². The van der Waals surface area contributed by atoms with Crippen molar-refractivity contribution in [3.63, 3.8) is 0 Å². The second-order valence-corrected chi connectivity index (χ2v) is 4.77. The van der Waals surface area contributed by atoms with Gasteiger partial charge in [-0.25, -0.2) is 0 Å². The molecular formula is C15H16ClNO. The van der Waals surface area contributed by atoms with E-state index in [1.807, 2.05) is 50.2 Å². The monoisotopic (exact) mass is 261 g/mol. The number of nitrogens with two attached hydrogens (primary N) is 1. The van der Waals surface area contributed by atoms with E-state index in [-0.39, 0.29) is 0 Å². The largest absolute Gasteiger partial charge is 0.487 e. The zero-order chi connectivity index (χ0) is 13.1. The van der Waals surface area contributed by atoms with E-state index < -0.39 is 0 Å². The number of halogens is 1. The van der Waals surface area contributed by atoms with Crippen molar-refractivity contribution in [2.24, 2.45) is 0 Å². The first-order chi connectivity index (χ1) is 8.58. The van der Waals surface area contributed by atoms with Crippen molar-refractivity contribution in [2.75, 3.05) is 5.73 Å². The molecular weight excluding hydrogens is 246 g/mol. The average molecular weight is 262 g/mol. The van der Waals surface area contributed by atoms with Gasteiger partial charge in [0, 0.05) is 11.3 Å². The highest BCUT2D eigenvalue weighted by molar-refractivity contribution is 6.32. The summed E-state index contributed by atoms with van der Waals surface area (Å²) in [7, 11) is 0. The van der Waals surface area contributed by atoms with Crippen molar-refractivity contribution in [3.8, 4) is 5.75 Å². The van der Waals surface area contributed by atoms with Crippen molar-refractivity contribution in [1.29, 1.82) is 0 Å². The van der Waals surface area contributed by atoms with Crippen LogP contribution in [0.15, 0.2) is 36.4 Å². The van der Waals surface area contributed by atoms with Crippen molar-refractivity contribution >= 4 is 17.3 Å². The predicted molar refractivity (Wildman–Crippen MR) is 76.1 cm³/mol. The average Bonchev–Trinajstić information content (AvgIpc) is 2.31. The first-order valence-electron chi connectivity index (χ1n) is 5.81. The van der Waals surface area contributed by atoms with Crippen LogP contribution in [0, 0.1) is 13.8 Å². The zero-order valence-corrected chi connectivity index (χ0v) is 11.3. The predicted octanol–water partition coefficient (Wildman–Crippen LogP) is 4.12. The van der Waals surface area contributed by atoms with E-state index in [9.17, 15) is 0 Å². The molecule has 0 spiro atoms. The van der Waals surface area contributed by atoms with E-state index >= 15 is 0 Å². The van der Waals surface area contributed by atoms with E-state index in [2.05, 4.69) is 0 Å². The van der Waals surface area contributed by atoms with Gasteiger partial charge in [-0.2, -0.15) is 0 Å². The normalized spacial score (nSPS) is 10.4. The van der Waals surface area contributed by atoms with E-state index in [1.165, 1.54) is 0 Å². The van der Waals surface area contributed by atoms with Crippen LogP contribution >= 0.6 is 11.6 Å². The van der Waals surface area contributed by atoms with Crippen LogP contribution in [-0.4, -0.2) is 0 Å². The third kappa shape index (κ3) is 2.77. The maximum Gasteiger partial charge on any atom is 0.138 e. The summed E-state index contributed by atoms with van der Waals surface area (Å²) in [5.41, 5.74) is 9.93. The summed E-state index contributed by atoms with van der Waals surface area (Å²) < 4.78 is 5.73. The molecule has 2 aromatic carbocycles. The van der Waals surface area contributed by atoms with Crippen LogP contribution in [0.3, 0.4) is 0 Å². The fraction of sp³-hybridized carbons (Fsp3) is 0.200. The van der Waals surface area contributed by atoms with Gasteiger partial charge in [-0.05, 0) is 43.2 Å². The van der Waals surface area contributed by atoms with Crippen LogP contribution < -0.4 is 10.5 Å². The van der Waals surface area contributed by atoms with E-state index in [4.69, 9.17) is 22.1 Å². The summed E-state index contributed by atoms with van der Waals surface area (Å²) in [6.07, 6.45) is 0. The Morgan fingerprint density at radius 2 is 1.94 bits per heavy atom. The highest BCUT2D eigenvalue weighted by Gasteiger charge is 2.06. The van der Waals surface area contributed by atoms with Crippen LogP contribution in [-0.2, 0) is 6.61 Å². The number of aryl methyl sites for hydroxylation is 2. The maximum absolute atomic E-state index is 6.12. The third-order valence-electron chi connectivity index (χ3n) is 2.91. The fourth-order valence-electron chi connectivity index (χ4n) is 1.79. The molecule has 2 N–H and O–H groups in total. The minimum absolute atomic E-state index is 0.432. The molecule has 0 atom stereocenters. The number of benzene rings is 2. The van der Waals surface area contributed by atoms with Gasteiger partial charge < -0.3 is 10.5 Å². The molecule has 0 bridgehead atoms. The van der Waals surface area contributed by atoms with Crippen LogP contribution in [0.1, 0.15) is 16.7 Å². The summed E-state index contributed by atoms with van der Waals surface area (Å²) in [4.78, 5) is 0. The molecule has 2 aromatic rings. The van der Waals surface area contributed by atoms with Crippen molar-refractivity contribution < 1.29 is 4.74 Å². The molecule has 0 aliphatic heterocycles. The zero-order valence-electron chi connectivity index (χ0n) is 10.5. The molecule has 0 radical (unpaired) electrons. The van der Waals surface area contributed by atoms with Crippen molar-refractivity contribution in [1.82, 2.24) is 0 Å². The molecule has 3 heteroatoms. The highest BCUT2D eigenvalue weighted by atomic mass is 35.5. The quantitative estimate of drug-likeness (QED) is 0.844. The molecule has 0 aromatic heterocycles. The van der Waals surface area contributed by atoms with Gasteiger partial charge in [0.2, 0.25) is 0 Å². The Balaban J connectivity index is 2.16. The Bertz CT molecular complexity index is 546. The maximum atomic E-state index is 6.12. The lowest BCUT2D eigenvalue weighted by molar-refractivity contribution is 0.306. The Labute approximate surface area is 112 Å². The highest BCUT2D eigenvalue weighted by Crippen LogP contribution is 2.27. The number of rotatable bonds is 3. The van der Waals surface area contributed by atoms with Gasteiger partial charge in [0.05, 0.1) is 5.02 Å². The lowest BCUT2D eigenvalue weighted by Gasteiger charge is -2.12. The molecule has 2 rings (SSSR count). The second-order valence-electron chi connectivity index (χ2n) is 4.37. The molecule has 94 valence electrons. The second kappa shape index (κ2) is 5.32. The van der Waals surface area contributed by atoms with Gasteiger partial charge in [-0.1, -0.05) is 29.8 Å². The molecule has 0 amide bonds. The fourth-order valence-corrected chi connectivity index (χ4v) is 2.08. The molecule has 0 saturated heterocycles. The Morgan fingerprint density at radius 3 is 2.61 bits per heavy atom. The van der Waals surface area contributed by atoms with Crippen LogP contribution in [0.5, 0.6) is 5.75 Å². The molecule has 2 nitrogen and oxygen atoms in total. The molecule has 0 aliphatic rings. The Morgan fingerprint density at radius 1 is 1.17 bits per heavy atom. The van der Waals surface area contributed by atoms with Gasteiger partial charge in [-0.15, -0.1) is 0 Å². The minimum atomic E-state index is 0.432. The molecule has 0 heterocycles. The van der Waals surface area contributed by atoms with E-state index in [0.29, 0.717) is 17.4 Å². The summed E-state index contributed by atoms with van der Waals surface area (Å²) in [6, 6.07) is 11.6. The lowest BCUT2D eigenvalue weighted by Crippen LogP contribution is -2.02. The van der Waals surface area contributed by atoms with Crippen LogP contribution in [0.25, 0.3) is 0 Å². The number of anilines is 1. The molecule has 0 unspecified atom stereocenters. The van der Waals surface area contributed by atoms with Gasteiger partial charge in [0.15, 0.2) is 0 Å². The lowest BCUT2D eigenvalue weighted by atomic mass is 10.1. The van der Waals surface area contributed by atoms with Gasteiger partial charge in [0.1, 0.15) is 12.4 Å². The smallest absolute Gasteiger partial charge is 0.138 e. The van der Waals surface area contributed by atoms with Gasteiger partial charge >= 0.3 is 0 Å². The first kappa shape index (κ1) is 12.8. The summed E-state index contributed by atoms with van der Waals surface area (Å²) in [5, 5.41) is 0.627. The topological polar surface area (TPSA) is 35.2 Å². The standard InChI is InChI=1S/C15H16ClNO/c1-10-6-7-15(13(16)8-10)18-9-12-11(2)4-3-5-14(12)17/h3-8H,9,17H2,1-2H3. The third-order valence-corrected chi connectivity index (χ3v) is 3.20. The number of ether oxygens (including phenoxy) is 1.